The van der Waals surface area contributed by atoms with Gasteiger partial charge in [0.2, 0.25) is 27.7 Å². The summed E-state index contributed by atoms with van der Waals surface area (Å²) in [5, 5.41) is 27.5. The van der Waals surface area contributed by atoms with Crippen LogP contribution in [0.3, 0.4) is 0 Å². The maximum atomic E-state index is 14.0. The minimum absolute atomic E-state index is 0.0107. The molecule has 1 aromatic heterocycles. The third-order valence-electron chi connectivity index (χ3n) is 13.6. The van der Waals surface area contributed by atoms with E-state index in [2.05, 4.69) is 16.0 Å². The third kappa shape index (κ3) is 9.79. The van der Waals surface area contributed by atoms with Crippen molar-refractivity contribution < 1.29 is 61.7 Å². The molecule has 3 saturated heterocycles. The van der Waals surface area contributed by atoms with E-state index in [-0.39, 0.29) is 101 Å². The number of ether oxygens (including phenoxy) is 2. The van der Waals surface area contributed by atoms with Crippen molar-refractivity contribution >= 4 is 85.8 Å². The molecular weight excluding hydrogens is 968 g/mol. The molecule has 0 spiro atoms. The Labute approximate surface area is 411 Å². The van der Waals surface area contributed by atoms with Gasteiger partial charge in [-0.25, -0.2) is 18.0 Å². The quantitative estimate of drug-likeness (QED) is 0.0937. The predicted octanol–water partition coefficient (Wildman–Crippen LogP) is 4.90. The molecule has 19 nitrogen and oxygen atoms in total. The molecule has 4 aromatic rings. The van der Waals surface area contributed by atoms with Gasteiger partial charge in [0.25, 0.3) is 11.8 Å². The summed E-state index contributed by atoms with van der Waals surface area (Å²) in [6, 6.07) is 18.0. The van der Waals surface area contributed by atoms with Gasteiger partial charge in [-0.15, -0.1) is 11.3 Å². The molecule has 0 radical (unpaired) electrons. The van der Waals surface area contributed by atoms with Crippen LogP contribution >= 0.6 is 22.9 Å². The molecule has 22 heteroatoms. The van der Waals surface area contributed by atoms with Crippen LogP contribution in [0.4, 0.5) is 11.4 Å². The van der Waals surface area contributed by atoms with Gasteiger partial charge in [-0.1, -0.05) is 41.9 Å². The second-order valence-corrected chi connectivity index (χ2v) is 22.1. The van der Waals surface area contributed by atoms with Gasteiger partial charge in [-0.05, 0) is 92.5 Å². The van der Waals surface area contributed by atoms with Gasteiger partial charge in [-0.3, -0.25) is 29.3 Å². The van der Waals surface area contributed by atoms with Crippen molar-refractivity contribution in [2.24, 2.45) is 17.8 Å². The fourth-order valence-corrected chi connectivity index (χ4v) is 13.7. The molecule has 1 saturated carbocycles. The van der Waals surface area contributed by atoms with Crippen molar-refractivity contribution in [2.45, 2.75) is 69.5 Å². The number of carboxylic acid groups (broad SMARTS) is 2. The summed E-state index contributed by atoms with van der Waals surface area (Å²) < 4.78 is 40.7. The largest absolute Gasteiger partial charge is 0.483 e. The van der Waals surface area contributed by atoms with E-state index in [4.69, 9.17) is 26.2 Å². The SMILES string of the molecule is CC1(C)C[C@@H](Nc2cccc(-c3sc(C(=O)O)c(OCC(=O)O)c3Cl)c2)CCN1S(=O)(=O)Cc1cccc(NC(=O)C2C3CN(C(=O)COc4cccc5c4CN(C4CCC(=O)NC4=O)C5=O)C[C@H]32)c1. The van der Waals surface area contributed by atoms with Crippen molar-refractivity contribution in [2.75, 3.05) is 43.5 Å². The number of halogens is 1. The highest BCUT2D eigenvalue weighted by Crippen LogP contribution is 2.52. The molecule has 5 aliphatic rings. The number of sulfonamides is 1. The Kier molecular flexibility index (Phi) is 13.1. The fourth-order valence-electron chi connectivity index (χ4n) is 10.3. The number of fused-ring (bicyclic) bond motifs is 2. The fraction of sp³-hybridized carbons (Fsp3) is 0.396. The number of thiophene rings is 1. The molecule has 3 aromatic carbocycles. The second kappa shape index (κ2) is 19.0. The Morgan fingerprint density at radius 2 is 1.66 bits per heavy atom. The van der Waals surface area contributed by atoms with E-state index in [1.165, 1.54) is 9.21 Å². The summed E-state index contributed by atoms with van der Waals surface area (Å²) in [6.45, 7) is 3.80. The highest BCUT2D eigenvalue weighted by Gasteiger charge is 2.60. The summed E-state index contributed by atoms with van der Waals surface area (Å²) in [7, 11) is -3.83. The zero-order valence-electron chi connectivity index (χ0n) is 37.9. The lowest BCUT2D eigenvalue weighted by atomic mass is 9.89. The standard InChI is InChI=1S/C48H49ClN6O13S2/c1-48(2)18-29(50-28-9-4-7-26(17-28)42-40(49)41(68-23-38(58)59)43(69-42)47(63)64)14-15-55(48)70(65,66)24-25-6-3-8-27(16-25)51-45(61)39-32-19-53(20-33(32)39)37(57)22-67-35-11-5-10-30-31(35)21-54(46(30)62)34-12-13-36(56)52-44(34)60/h3-11,16-17,29,32-34,39,50H,12-15,18-24H2,1-2H3,(H,51,61)(H,58,59)(H,63,64)(H,52,56,60)/t29-,32+,33?,34?,39?/m0/s1. The number of amides is 5. The van der Waals surface area contributed by atoms with E-state index < -0.39 is 46.1 Å². The molecule has 4 aliphatic heterocycles. The minimum Gasteiger partial charge on any atom is -0.483 e. The van der Waals surface area contributed by atoms with Crippen LogP contribution in [-0.2, 0) is 46.3 Å². The lowest BCUT2D eigenvalue weighted by Crippen LogP contribution is -2.55. The first-order chi connectivity index (χ1) is 33.3. The first-order valence-corrected chi connectivity index (χ1v) is 25.4. The first-order valence-electron chi connectivity index (χ1n) is 22.6. The van der Waals surface area contributed by atoms with E-state index in [0.717, 1.165) is 11.3 Å². The number of aliphatic carboxylic acids is 1. The van der Waals surface area contributed by atoms with Crippen molar-refractivity contribution in [3.63, 3.8) is 0 Å². The van der Waals surface area contributed by atoms with Gasteiger partial charge in [0, 0.05) is 66.1 Å². The molecule has 5 heterocycles. The number of nitrogens with zero attached hydrogens (tertiary/aromatic N) is 3. The average Bonchev–Trinajstić information content (AvgIpc) is 3.51. The van der Waals surface area contributed by atoms with Gasteiger partial charge in [-0.2, -0.15) is 4.31 Å². The van der Waals surface area contributed by atoms with Crippen molar-refractivity contribution in [3.05, 3.63) is 93.3 Å². The van der Waals surface area contributed by atoms with Crippen LogP contribution in [-0.4, -0.2) is 125 Å². The lowest BCUT2D eigenvalue weighted by molar-refractivity contribution is -0.139. The van der Waals surface area contributed by atoms with Crippen molar-refractivity contribution in [3.8, 4) is 21.9 Å². The highest BCUT2D eigenvalue weighted by atomic mass is 35.5. The summed E-state index contributed by atoms with van der Waals surface area (Å²) in [6.07, 6.45) is 1.31. The van der Waals surface area contributed by atoms with Gasteiger partial charge in [0.05, 0.1) is 17.2 Å². The number of carbonyl (C=O) groups is 7. The van der Waals surface area contributed by atoms with Crippen LogP contribution in [0.25, 0.3) is 10.4 Å². The summed E-state index contributed by atoms with van der Waals surface area (Å²) >= 11 is 7.39. The van der Waals surface area contributed by atoms with Crippen LogP contribution in [0.5, 0.6) is 11.5 Å². The topological polar surface area (TPSA) is 258 Å². The number of hydrogen-bond acceptors (Lipinski definition) is 13. The van der Waals surface area contributed by atoms with Crippen LogP contribution in [0, 0.1) is 17.8 Å². The molecule has 4 fully saturated rings. The monoisotopic (exact) mass is 1020 g/mol. The summed E-state index contributed by atoms with van der Waals surface area (Å²) in [5.41, 5.74) is 2.42. The Bertz CT molecular complexity index is 2950. The predicted molar refractivity (Wildman–Crippen MR) is 255 cm³/mol. The number of piperidine rings is 3. The van der Waals surface area contributed by atoms with Crippen LogP contribution < -0.4 is 25.4 Å². The van der Waals surface area contributed by atoms with Gasteiger partial charge >= 0.3 is 11.9 Å². The Morgan fingerprint density at radius 3 is 2.37 bits per heavy atom. The van der Waals surface area contributed by atoms with Crippen molar-refractivity contribution in [1.29, 1.82) is 0 Å². The van der Waals surface area contributed by atoms with Gasteiger partial charge < -0.3 is 40.1 Å². The molecule has 3 unspecified atom stereocenters. The van der Waals surface area contributed by atoms with Crippen LogP contribution in [0.2, 0.25) is 5.02 Å². The molecule has 5 N–H and O–H groups in total. The maximum Gasteiger partial charge on any atom is 0.349 e. The Hall–Kier alpha value is -6.55. The number of hydrogen-bond donors (Lipinski definition) is 5. The number of benzene rings is 3. The molecule has 0 bridgehead atoms. The molecular formula is C48H49ClN6O13S2. The number of imide groups is 1. The number of rotatable bonds is 16. The minimum atomic E-state index is -3.83. The van der Waals surface area contributed by atoms with E-state index in [1.807, 2.05) is 19.9 Å². The van der Waals surface area contributed by atoms with E-state index in [0.29, 0.717) is 70.2 Å². The van der Waals surface area contributed by atoms with E-state index in [1.54, 1.807) is 65.6 Å². The van der Waals surface area contributed by atoms with E-state index >= 15 is 0 Å². The zero-order chi connectivity index (χ0) is 49.8. The number of carbonyl (C=O) groups excluding carboxylic acids is 5. The number of likely N-dealkylation sites (tertiary alicyclic amines) is 1. The molecule has 70 heavy (non-hydrogen) atoms. The smallest absolute Gasteiger partial charge is 0.349 e. The van der Waals surface area contributed by atoms with Gasteiger partial charge in [0.15, 0.2) is 23.8 Å². The zero-order valence-corrected chi connectivity index (χ0v) is 40.3. The number of nitrogens with one attached hydrogen (secondary N) is 3. The molecule has 1 aliphatic carbocycles. The average molecular weight is 1020 g/mol. The summed E-state index contributed by atoms with van der Waals surface area (Å²) in [5.74, 6) is -4.82. The highest BCUT2D eigenvalue weighted by molar-refractivity contribution is 7.88. The normalized spacial score (nSPS) is 22.7. The Morgan fingerprint density at radius 1 is 0.929 bits per heavy atom. The second-order valence-electron chi connectivity index (χ2n) is 18.8. The van der Waals surface area contributed by atoms with Crippen LogP contribution in [0.15, 0.2) is 66.7 Å². The maximum absolute atomic E-state index is 14.0. The first kappa shape index (κ1) is 48.5. The lowest BCUT2D eigenvalue weighted by Gasteiger charge is -2.45. The summed E-state index contributed by atoms with van der Waals surface area (Å²) in [4.78, 5) is 90.3. The number of carboxylic acids is 2. The number of aromatic carboxylic acids is 1. The molecule has 5 atom stereocenters. The molecule has 368 valence electrons. The van der Waals surface area contributed by atoms with Crippen molar-refractivity contribution in [1.82, 2.24) is 19.4 Å². The molecule has 9 rings (SSSR count). The van der Waals surface area contributed by atoms with Crippen LogP contribution in [0.1, 0.15) is 70.7 Å². The van der Waals surface area contributed by atoms with E-state index in [9.17, 15) is 47.1 Å². The Balaban J connectivity index is 0.751. The van der Waals surface area contributed by atoms with Gasteiger partial charge in [0.1, 0.15) is 16.8 Å². The third-order valence-corrected chi connectivity index (χ3v) is 17.3. The molecule has 5 amide bonds. The number of anilines is 2.